The molecule has 0 saturated heterocycles. The van der Waals surface area contributed by atoms with E-state index in [1.807, 2.05) is 0 Å². The third-order valence-electron chi connectivity index (χ3n) is 13.2. The Hall–Kier alpha value is -3.52. The minimum absolute atomic E-state index is 0.0662. The Labute approximate surface area is 344 Å². The molecule has 2 unspecified atom stereocenters. The van der Waals surface area contributed by atoms with Crippen LogP contribution in [0.5, 0.6) is 0 Å². The second-order valence-electron chi connectivity index (χ2n) is 16.3. The second kappa shape index (κ2) is 15.0. The molecule has 0 bridgehead atoms. The predicted octanol–water partition coefficient (Wildman–Crippen LogP) is 12.7. The van der Waals surface area contributed by atoms with E-state index < -0.39 is 25.9 Å². The van der Waals surface area contributed by atoms with Gasteiger partial charge in [0.25, 0.3) is 0 Å². The molecule has 0 saturated carbocycles. The normalized spacial score (nSPS) is 17.8. The van der Waals surface area contributed by atoms with E-state index in [1.54, 1.807) is 0 Å². The average molecular weight is 866 g/mol. The van der Waals surface area contributed by atoms with Gasteiger partial charge in [-0.15, -0.1) is 0 Å². The fraction of sp³-hybridized carbons (Fsp3) is 0.231. The summed E-state index contributed by atoms with van der Waals surface area (Å²) in [6.45, 7) is 9.23. The first-order chi connectivity index (χ1) is 27.3. The Bertz CT molecular complexity index is 2420. The zero-order valence-corrected chi connectivity index (χ0v) is 38.5. The average Bonchev–Trinajstić information content (AvgIpc) is 3.94. The molecule has 0 radical (unpaired) electrons. The van der Waals surface area contributed by atoms with Crippen molar-refractivity contribution in [3.05, 3.63) is 172 Å². The molecule has 0 spiro atoms. The molecule has 4 heteroatoms. The maximum absolute atomic E-state index is 9.28. The Morgan fingerprint density at radius 3 is 1.50 bits per heavy atom. The van der Waals surface area contributed by atoms with Crippen molar-refractivity contribution in [1.29, 1.82) is 0 Å². The van der Waals surface area contributed by atoms with E-state index in [-0.39, 0.29) is 7.25 Å². The number of benzene rings is 6. The van der Waals surface area contributed by atoms with Crippen molar-refractivity contribution in [2.24, 2.45) is 0 Å². The second-order valence-corrected chi connectivity index (χ2v) is 38.7. The van der Waals surface area contributed by atoms with Gasteiger partial charge >= 0.3 is 348 Å². The van der Waals surface area contributed by atoms with Crippen LogP contribution in [0.2, 0.25) is 0 Å². The number of fused-ring (bicyclic) bond motifs is 5. The molecule has 2 aliphatic carbocycles. The van der Waals surface area contributed by atoms with Gasteiger partial charge in [0.2, 0.25) is 0 Å². The summed E-state index contributed by atoms with van der Waals surface area (Å²) in [5, 5.41) is 2.98. The molecule has 2 atom stereocenters. The van der Waals surface area contributed by atoms with Crippen molar-refractivity contribution < 1.29 is 16.4 Å². The quantitative estimate of drug-likeness (QED) is 0.114. The van der Waals surface area contributed by atoms with Gasteiger partial charge in [0.15, 0.2) is 0 Å². The van der Waals surface area contributed by atoms with E-state index in [4.69, 9.17) is 0 Å². The van der Waals surface area contributed by atoms with E-state index in [0.29, 0.717) is 0 Å². The molecule has 9 rings (SSSR count). The Morgan fingerprint density at radius 1 is 0.518 bits per heavy atom. The van der Waals surface area contributed by atoms with Crippen LogP contribution in [0, 0.1) is 0 Å². The Balaban J connectivity index is 1.38. The standard InChI is InChI=1S/2C20H21.C12H9Si.2ClH.Zr/c2*1-3-8-16-11-12-18-13-15(4-2)14-19(18)20(16)17-9-6-5-7-10-17;1-3-7-11-9(5-1)10-6-2-4-8-12(10)13-11;;;/h2*5-7,9-14H,3-4,8H2,1-2H3;1-7H,13H2;2*1H;/q;;;;;+2/p-2. The molecule has 0 amide bonds. The van der Waals surface area contributed by atoms with Crippen LogP contribution in [0.4, 0.5) is 0 Å². The Kier molecular flexibility index (Phi) is 10.2. The van der Waals surface area contributed by atoms with Gasteiger partial charge in [0.05, 0.1) is 0 Å². The van der Waals surface area contributed by atoms with Gasteiger partial charge < -0.3 is 0 Å². The van der Waals surface area contributed by atoms with Gasteiger partial charge in [-0.05, 0) is 0 Å². The first-order valence-corrected chi connectivity index (χ1v) is 32.7. The van der Waals surface area contributed by atoms with Crippen molar-refractivity contribution in [2.75, 3.05) is 0 Å². The number of aryl methyl sites for hydroxylation is 2. The molecule has 6 aromatic rings. The molecule has 1 heterocycles. The summed E-state index contributed by atoms with van der Waals surface area (Å²) in [6.07, 6.45) is 11.1. The van der Waals surface area contributed by atoms with E-state index in [1.165, 1.54) is 91.6 Å². The predicted molar refractivity (Wildman–Crippen MR) is 245 cm³/mol. The molecule has 0 N–H and O–H groups in total. The first kappa shape index (κ1) is 38.0. The molecule has 3 aliphatic rings. The molecular formula is C52H51Cl2SiZr. The topological polar surface area (TPSA) is 0 Å². The molecule has 281 valence electrons. The first-order valence-electron chi connectivity index (χ1n) is 20.9. The monoisotopic (exact) mass is 863 g/mol. The molecule has 0 fully saturated rings. The zero-order chi connectivity index (χ0) is 38.6. The van der Waals surface area contributed by atoms with Crippen molar-refractivity contribution >= 4 is 52.3 Å². The fourth-order valence-corrected chi connectivity index (χ4v) is 39.2. The van der Waals surface area contributed by atoms with Gasteiger partial charge in [-0.3, -0.25) is 0 Å². The van der Waals surface area contributed by atoms with Crippen LogP contribution in [-0.4, -0.2) is 9.52 Å². The van der Waals surface area contributed by atoms with Crippen molar-refractivity contribution in [3.63, 3.8) is 0 Å². The van der Waals surface area contributed by atoms with Gasteiger partial charge in [-0.25, -0.2) is 0 Å². The van der Waals surface area contributed by atoms with Crippen molar-refractivity contribution in [3.8, 4) is 33.4 Å². The van der Waals surface area contributed by atoms with Gasteiger partial charge in [0.1, 0.15) is 0 Å². The fourth-order valence-electron chi connectivity index (χ4n) is 10.9. The number of hydrogen-bond donors (Lipinski definition) is 0. The summed E-state index contributed by atoms with van der Waals surface area (Å²) in [5.41, 5.74) is 18.9. The summed E-state index contributed by atoms with van der Waals surface area (Å²) in [4.78, 5) is 0. The summed E-state index contributed by atoms with van der Waals surface area (Å²) >= 11 is -5.56. The van der Waals surface area contributed by atoms with E-state index in [2.05, 4.69) is 167 Å². The van der Waals surface area contributed by atoms with Gasteiger partial charge in [-0.2, -0.15) is 0 Å². The van der Waals surface area contributed by atoms with Crippen LogP contribution in [0.15, 0.2) is 139 Å². The van der Waals surface area contributed by atoms with E-state index in [9.17, 15) is 17.0 Å². The van der Waals surface area contributed by atoms with Crippen molar-refractivity contribution in [1.82, 2.24) is 0 Å². The number of halogens is 2. The van der Waals surface area contributed by atoms with Crippen LogP contribution in [-0.2, 0) is 29.2 Å². The zero-order valence-electron chi connectivity index (χ0n) is 33.1. The van der Waals surface area contributed by atoms with Gasteiger partial charge in [0, 0.05) is 0 Å². The van der Waals surface area contributed by atoms with Crippen LogP contribution >= 0.6 is 17.0 Å². The molecular weight excluding hydrogens is 815 g/mol. The molecule has 0 nitrogen and oxygen atoms in total. The maximum atomic E-state index is 9.28. The molecule has 56 heavy (non-hydrogen) atoms. The van der Waals surface area contributed by atoms with Crippen LogP contribution in [0.1, 0.15) is 94.0 Å². The summed E-state index contributed by atoms with van der Waals surface area (Å²) in [6, 6.07) is 47.9. The third-order valence-corrected chi connectivity index (χ3v) is 35.9. The molecule has 0 aromatic heterocycles. The van der Waals surface area contributed by atoms with Crippen LogP contribution in [0.3, 0.4) is 0 Å². The molecule has 6 aromatic carbocycles. The number of rotatable bonds is 11. The molecule has 1 aliphatic heterocycles. The number of hydrogen-bond acceptors (Lipinski definition) is 0. The van der Waals surface area contributed by atoms with Gasteiger partial charge in [-0.1, -0.05) is 0 Å². The van der Waals surface area contributed by atoms with E-state index in [0.717, 1.165) is 38.5 Å². The third kappa shape index (κ3) is 5.84. The summed E-state index contributed by atoms with van der Waals surface area (Å²) in [7, 11) is 17.7. The summed E-state index contributed by atoms with van der Waals surface area (Å²) in [5.74, 6) is 0. The SMILES string of the molecule is CCCc1ccc2c(c1-c1ccccc1)C=C(CC)[CH]2[Zr]([Cl])([Cl])([c]1cccc2c1[SiH2]c1ccccc1-2)[CH]1C(CC)=Cc2c1ccc(CCC)c2-c1ccccc1. The minimum atomic E-state index is -5.56. The van der Waals surface area contributed by atoms with E-state index >= 15 is 0 Å². The van der Waals surface area contributed by atoms with Crippen molar-refractivity contribution in [2.45, 2.75) is 73.5 Å². The van der Waals surface area contributed by atoms with Crippen LogP contribution < -0.4 is 13.6 Å². The number of allylic oxidation sites excluding steroid dienone is 2. The Morgan fingerprint density at radius 2 is 1.00 bits per heavy atom. The van der Waals surface area contributed by atoms with Crippen LogP contribution in [0.25, 0.3) is 45.5 Å². The summed E-state index contributed by atoms with van der Waals surface area (Å²) < 4.78 is 1.18.